The zero-order valence-corrected chi connectivity index (χ0v) is 17.6. The number of carbonyl (C=O) groups excluding carboxylic acids is 1. The second-order valence-corrected chi connectivity index (χ2v) is 7.61. The van der Waals surface area contributed by atoms with Crippen molar-refractivity contribution in [2.75, 3.05) is 0 Å². The molecule has 0 heterocycles. The first-order valence-electron chi connectivity index (χ1n) is 10.3. The van der Waals surface area contributed by atoms with Crippen molar-refractivity contribution in [1.82, 2.24) is 0 Å². The molecule has 0 radical (unpaired) electrons. The lowest BCUT2D eigenvalue weighted by atomic mass is 10.1. The van der Waals surface area contributed by atoms with Crippen LogP contribution in [-0.4, -0.2) is 5.78 Å². The van der Waals surface area contributed by atoms with E-state index in [0.717, 1.165) is 16.5 Å². The van der Waals surface area contributed by atoms with Crippen molar-refractivity contribution >= 4 is 16.6 Å². The summed E-state index contributed by atoms with van der Waals surface area (Å²) in [5.74, 6) is -0.713. The minimum Gasteiger partial charge on any atom is -0.483 e. The summed E-state index contributed by atoms with van der Waals surface area (Å²) >= 11 is 0. The number of aryl methyl sites for hydroxylation is 1. The molecule has 0 aliphatic rings. The SMILES string of the molecule is CC(=O)CCc1cc(F)c(OCc2cccc(Oc3cccc4ccccc34)c2)c(F)c1. The predicted molar refractivity (Wildman–Crippen MR) is 120 cm³/mol. The lowest BCUT2D eigenvalue weighted by Gasteiger charge is -2.12. The molecule has 0 unspecified atom stereocenters. The van der Waals surface area contributed by atoms with Crippen molar-refractivity contribution in [2.24, 2.45) is 0 Å². The first-order chi connectivity index (χ1) is 15.5. The van der Waals surface area contributed by atoms with Crippen LogP contribution in [0.15, 0.2) is 78.9 Å². The van der Waals surface area contributed by atoms with Crippen LogP contribution in [0.1, 0.15) is 24.5 Å². The Morgan fingerprint density at radius 1 is 0.844 bits per heavy atom. The second-order valence-electron chi connectivity index (χ2n) is 7.61. The smallest absolute Gasteiger partial charge is 0.191 e. The highest BCUT2D eigenvalue weighted by Crippen LogP contribution is 2.31. The molecule has 0 saturated heterocycles. The minimum absolute atomic E-state index is 0.0205. The fraction of sp³-hybridized carbons (Fsp3) is 0.148. The van der Waals surface area contributed by atoms with Crippen molar-refractivity contribution in [3.8, 4) is 17.2 Å². The number of rotatable bonds is 8. The summed E-state index contributed by atoms with van der Waals surface area (Å²) < 4.78 is 40.3. The summed E-state index contributed by atoms with van der Waals surface area (Å²) in [5.41, 5.74) is 1.13. The molecule has 0 atom stereocenters. The maximum atomic E-state index is 14.4. The quantitative estimate of drug-likeness (QED) is 0.300. The van der Waals surface area contributed by atoms with Crippen LogP contribution >= 0.6 is 0 Å². The number of hydrogen-bond acceptors (Lipinski definition) is 3. The zero-order chi connectivity index (χ0) is 22.5. The molecule has 0 bridgehead atoms. The molecular formula is C27H22F2O3. The highest BCUT2D eigenvalue weighted by atomic mass is 19.1. The van der Waals surface area contributed by atoms with E-state index in [1.165, 1.54) is 19.1 Å². The number of ether oxygens (including phenoxy) is 2. The van der Waals surface area contributed by atoms with Gasteiger partial charge in [0.2, 0.25) is 0 Å². The lowest BCUT2D eigenvalue weighted by molar-refractivity contribution is -0.116. The first-order valence-corrected chi connectivity index (χ1v) is 10.3. The van der Waals surface area contributed by atoms with E-state index < -0.39 is 17.4 Å². The molecule has 0 aliphatic carbocycles. The fourth-order valence-electron chi connectivity index (χ4n) is 3.48. The van der Waals surface area contributed by atoms with Crippen LogP contribution in [0.4, 0.5) is 8.78 Å². The molecule has 0 amide bonds. The Kier molecular flexibility index (Phi) is 6.45. The van der Waals surface area contributed by atoms with E-state index in [1.54, 1.807) is 18.2 Å². The molecule has 0 saturated carbocycles. The van der Waals surface area contributed by atoms with Crippen molar-refractivity contribution in [3.63, 3.8) is 0 Å². The second kappa shape index (κ2) is 9.60. The van der Waals surface area contributed by atoms with Gasteiger partial charge < -0.3 is 14.3 Å². The van der Waals surface area contributed by atoms with E-state index in [2.05, 4.69) is 0 Å². The molecule has 32 heavy (non-hydrogen) atoms. The van der Waals surface area contributed by atoms with E-state index in [9.17, 15) is 13.6 Å². The Hall–Kier alpha value is -3.73. The molecule has 4 aromatic rings. The summed E-state index contributed by atoms with van der Waals surface area (Å²) in [6.07, 6.45) is 0.527. The summed E-state index contributed by atoms with van der Waals surface area (Å²) in [6, 6.07) is 23.4. The molecule has 5 heteroatoms. The molecular weight excluding hydrogens is 410 g/mol. The largest absolute Gasteiger partial charge is 0.483 e. The van der Waals surface area contributed by atoms with Gasteiger partial charge in [0.1, 0.15) is 23.9 Å². The molecule has 0 N–H and O–H groups in total. The van der Waals surface area contributed by atoms with Crippen LogP contribution < -0.4 is 9.47 Å². The summed E-state index contributed by atoms with van der Waals surface area (Å²) in [7, 11) is 0. The highest BCUT2D eigenvalue weighted by Gasteiger charge is 2.14. The molecule has 0 spiro atoms. The van der Waals surface area contributed by atoms with Crippen LogP contribution in [0.2, 0.25) is 0 Å². The Morgan fingerprint density at radius 2 is 1.56 bits per heavy atom. The maximum Gasteiger partial charge on any atom is 0.191 e. The highest BCUT2D eigenvalue weighted by molar-refractivity contribution is 5.88. The van der Waals surface area contributed by atoms with Gasteiger partial charge in [-0.1, -0.05) is 48.5 Å². The summed E-state index contributed by atoms with van der Waals surface area (Å²) in [6.45, 7) is 1.43. The Bertz CT molecular complexity index is 1240. The number of halogens is 2. The summed E-state index contributed by atoms with van der Waals surface area (Å²) in [5, 5.41) is 2.06. The first kappa shape index (κ1) is 21.5. The fourth-order valence-corrected chi connectivity index (χ4v) is 3.48. The molecule has 3 nitrogen and oxygen atoms in total. The normalized spacial score (nSPS) is 10.8. The number of Topliss-reactive ketones (excluding diaryl/α,β-unsaturated/α-hetero) is 1. The van der Waals surface area contributed by atoms with Crippen molar-refractivity contribution in [1.29, 1.82) is 0 Å². The molecule has 162 valence electrons. The minimum atomic E-state index is -0.785. The van der Waals surface area contributed by atoms with Crippen LogP contribution in [-0.2, 0) is 17.8 Å². The lowest BCUT2D eigenvalue weighted by Crippen LogP contribution is -2.02. The Balaban J connectivity index is 1.47. The van der Waals surface area contributed by atoms with E-state index >= 15 is 0 Å². The third kappa shape index (κ3) is 5.11. The van der Waals surface area contributed by atoms with Gasteiger partial charge in [0, 0.05) is 11.8 Å². The molecule has 0 fully saturated rings. The van der Waals surface area contributed by atoms with E-state index in [1.807, 2.05) is 48.5 Å². The van der Waals surface area contributed by atoms with Crippen LogP contribution in [0.25, 0.3) is 10.8 Å². The topological polar surface area (TPSA) is 35.5 Å². The van der Waals surface area contributed by atoms with Gasteiger partial charge in [0.05, 0.1) is 0 Å². The van der Waals surface area contributed by atoms with Crippen LogP contribution in [0.5, 0.6) is 17.2 Å². The number of fused-ring (bicyclic) bond motifs is 1. The number of ketones is 1. The predicted octanol–water partition coefficient (Wildman–Crippen LogP) is 7.01. The number of benzene rings is 4. The average molecular weight is 432 g/mol. The monoisotopic (exact) mass is 432 g/mol. The maximum absolute atomic E-state index is 14.4. The van der Waals surface area contributed by atoms with Gasteiger partial charge in [-0.25, -0.2) is 8.78 Å². The molecule has 0 aliphatic heterocycles. The van der Waals surface area contributed by atoms with Gasteiger partial charge in [-0.15, -0.1) is 0 Å². The van der Waals surface area contributed by atoms with Gasteiger partial charge in [-0.2, -0.15) is 0 Å². The molecule has 4 aromatic carbocycles. The molecule has 0 aromatic heterocycles. The van der Waals surface area contributed by atoms with Gasteiger partial charge in [0.15, 0.2) is 17.4 Å². The number of hydrogen-bond donors (Lipinski definition) is 0. The molecule has 4 rings (SSSR count). The van der Waals surface area contributed by atoms with E-state index in [-0.39, 0.29) is 25.2 Å². The zero-order valence-electron chi connectivity index (χ0n) is 17.6. The van der Waals surface area contributed by atoms with Gasteiger partial charge >= 0.3 is 0 Å². The van der Waals surface area contributed by atoms with Gasteiger partial charge in [-0.05, 0) is 60.2 Å². The van der Waals surface area contributed by atoms with Crippen LogP contribution in [0.3, 0.4) is 0 Å². The Morgan fingerprint density at radius 3 is 2.34 bits per heavy atom. The van der Waals surface area contributed by atoms with Crippen molar-refractivity contribution < 1.29 is 23.0 Å². The van der Waals surface area contributed by atoms with E-state index in [0.29, 0.717) is 16.9 Å². The Labute approximate surface area is 185 Å². The van der Waals surface area contributed by atoms with Gasteiger partial charge in [0.25, 0.3) is 0 Å². The van der Waals surface area contributed by atoms with Crippen LogP contribution in [0, 0.1) is 11.6 Å². The standard InChI is InChI=1S/C27H22F2O3/c1-18(30)12-13-19-15-24(28)27(25(29)16-19)31-17-20-6-4-9-22(14-20)32-26-11-5-8-21-7-2-3-10-23(21)26/h2-11,14-16H,12-13,17H2,1H3. The van der Waals surface area contributed by atoms with Crippen molar-refractivity contribution in [2.45, 2.75) is 26.4 Å². The van der Waals surface area contributed by atoms with E-state index in [4.69, 9.17) is 9.47 Å². The van der Waals surface area contributed by atoms with Crippen molar-refractivity contribution in [3.05, 3.63) is 102 Å². The van der Waals surface area contributed by atoms with Gasteiger partial charge in [-0.3, -0.25) is 0 Å². The average Bonchev–Trinajstić information content (AvgIpc) is 2.78. The number of carbonyl (C=O) groups is 1. The third-order valence-electron chi connectivity index (χ3n) is 5.08. The summed E-state index contributed by atoms with van der Waals surface area (Å²) in [4.78, 5) is 11.1. The third-order valence-corrected chi connectivity index (χ3v) is 5.08.